The Bertz CT molecular complexity index is 1090. The van der Waals surface area contributed by atoms with Crippen LogP contribution in [0.5, 0.6) is 0 Å². The van der Waals surface area contributed by atoms with Gasteiger partial charge >= 0.3 is 0 Å². The standard InChI is InChI=1S/C18H14F3NO4S/c1-18(2)17(23)15(10-5-11(19)8-12(20)6-10)16(26-18)9-3-4-14(13(21)7-9)27(22,24)25/h3-8H,1-2H3,(H2,22,24,25). The molecule has 0 saturated carbocycles. The van der Waals surface area contributed by atoms with Crippen molar-refractivity contribution in [1.82, 2.24) is 0 Å². The molecular formula is C18H14F3NO4S. The van der Waals surface area contributed by atoms with Gasteiger partial charge in [0.05, 0.1) is 5.57 Å². The highest BCUT2D eigenvalue weighted by Crippen LogP contribution is 2.41. The van der Waals surface area contributed by atoms with Gasteiger partial charge < -0.3 is 4.74 Å². The third-order valence-electron chi connectivity index (χ3n) is 4.01. The monoisotopic (exact) mass is 397 g/mol. The second kappa shape index (κ2) is 6.21. The molecule has 0 fully saturated rings. The van der Waals surface area contributed by atoms with E-state index in [1.165, 1.54) is 19.9 Å². The van der Waals surface area contributed by atoms with Gasteiger partial charge in [0.1, 0.15) is 28.1 Å². The molecule has 5 nitrogen and oxygen atoms in total. The second-order valence-corrected chi connectivity index (χ2v) is 8.02. The van der Waals surface area contributed by atoms with Crippen molar-refractivity contribution in [1.29, 1.82) is 0 Å². The highest BCUT2D eigenvalue weighted by atomic mass is 32.2. The van der Waals surface area contributed by atoms with Crippen LogP contribution < -0.4 is 5.14 Å². The fourth-order valence-electron chi connectivity index (χ4n) is 2.79. The molecule has 0 amide bonds. The molecule has 1 heterocycles. The summed E-state index contributed by atoms with van der Waals surface area (Å²) in [5, 5.41) is 4.93. The number of primary sulfonamides is 1. The molecule has 0 unspecified atom stereocenters. The first-order chi connectivity index (χ1) is 12.4. The average Bonchev–Trinajstić information content (AvgIpc) is 2.75. The molecule has 0 saturated heterocycles. The largest absolute Gasteiger partial charge is 0.478 e. The van der Waals surface area contributed by atoms with Crippen molar-refractivity contribution < 1.29 is 31.1 Å². The quantitative estimate of drug-likeness (QED) is 0.863. The van der Waals surface area contributed by atoms with E-state index in [0.717, 1.165) is 24.3 Å². The molecule has 2 aromatic carbocycles. The first-order valence-corrected chi connectivity index (χ1v) is 9.22. The molecule has 2 N–H and O–H groups in total. The zero-order chi connectivity index (χ0) is 20.1. The molecule has 1 aliphatic rings. The van der Waals surface area contributed by atoms with Crippen LogP contribution in [0.4, 0.5) is 13.2 Å². The van der Waals surface area contributed by atoms with Crippen LogP contribution in [-0.4, -0.2) is 19.8 Å². The number of nitrogens with two attached hydrogens (primary N) is 1. The second-order valence-electron chi connectivity index (χ2n) is 6.49. The van der Waals surface area contributed by atoms with Gasteiger partial charge in [-0.2, -0.15) is 0 Å². The fraction of sp³-hybridized carbons (Fsp3) is 0.167. The van der Waals surface area contributed by atoms with Crippen LogP contribution in [0.3, 0.4) is 0 Å². The van der Waals surface area contributed by atoms with Gasteiger partial charge in [0.25, 0.3) is 0 Å². The van der Waals surface area contributed by atoms with Gasteiger partial charge in [-0.1, -0.05) is 0 Å². The molecule has 0 bridgehead atoms. The molecule has 0 aliphatic carbocycles. The van der Waals surface area contributed by atoms with Crippen LogP contribution >= 0.6 is 0 Å². The maximum atomic E-state index is 14.2. The number of rotatable bonds is 3. The molecular weight excluding hydrogens is 383 g/mol. The van der Waals surface area contributed by atoms with Crippen LogP contribution in [-0.2, 0) is 19.6 Å². The topological polar surface area (TPSA) is 86.5 Å². The van der Waals surface area contributed by atoms with Gasteiger partial charge in [-0.15, -0.1) is 0 Å². The lowest BCUT2D eigenvalue weighted by Crippen LogP contribution is -2.29. The summed E-state index contributed by atoms with van der Waals surface area (Å²) in [6.45, 7) is 2.90. The smallest absolute Gasteiger partial charge is 0.240 e. The van der Waals surface area contributed by atoms with Crippen LogP contribution in [0.1, 0.15) is 25.0 Å². The molecule has 2 aromatic rings. The van der Waals surface area contributed by atoms with Crippen molar-refractivity contribution in [2.75, 3.05) is 0 Å². The minimum Gasteiger partial charge on any atom is -0.478 e. The number of ether oxygens (including phenoxy) is 1. The van der Waals surface area contributed by atoms with E-state index in [-0.39, 0.29) is 22.5 Å². The molecule has 1 aliphatic heterocycles. The number of halogens is 3. The van der Waals surface area contributed by atoms with Crippen molar-refractivity contribution in [3.05, 3.63) is 65.0 Å². The number of Topliss-reactive ketones (excluding diaryl/α,β-unsaturated/α-hetero) is 1. The Hall–Kier alpha value is -2.65. The Labute approximate surface area is 153 Å². The summed E-state index contributed by atoms with van der Waals surface area (Å²) < 4.78 is 69.8. The molecule has 0 aromatic heterocycles. The third-order valence-corrected chi connectivity index (χ3v) is 4.95. The van der Waals surface area contributed by atoms with Crippen LogP contribution in [0, 0.1) is 17.5 Å². The minimum absolute atomic E-state index is 0.0264. The zero-order valence-corrected chi connectivity index (χ0v) is 15.0. The lowest BCUT2D eigenvalue weighted by molar-refractivity contribution is -0.125. The minimum atomic E-state index is -4.28. The van der Waals surface area contributed by atoms with E-state index >= 15 is 0 Å². The van der Waals surface area contributed by atoms with E-state index in [1.54, 1.807) is 0 Å². The van der Waals surface area contributed by atoms with Crippen LogP contribution in [0.25, 0.3) is 11.3 Å². The summed E-state index contributed by atoms with van der Waals surface area (Å²) in [6, 6.07) is 5.51. The molecule has 0 atom stereocenters. The average molecular weight is 397 g/mol. The predicted molar refractivity (Wildman–Crippen MR) is 91.1 cm³/mol. The normalized spacial score (nSPS) is 16.6. The SMILES string of the molecule is CC1(C)OC(c2ccc(S(N)(=O)=O)c(F)c2)=C(c2cc(F)cc(F)c2)C1=O. The number of sulfonamides is 1. The van der Waals surface area contributed by atoms with Crippen molar-refractivity contribution >= 4 is 27.1 Å². The lowest BCUT2D eigenvalue weighted by Gasteiger charge is -2.18. The maximum Gasteiger partial charge on any atom is 0.240 e. The Morgan fingerprint density at radius 1 is 0.963 bits per heavy atom. The molecule has 0 spiro atoms. The van der Waals surface area contributed by atoms with E-state index in [1.807, 2.05) is 0 Å². The number of carbonyl (C=O) groups excluding carboxylic acids is 1. The van der Waals surface area contributed by atoms with Gasteiger partial charge in [-0.05, 0) is 49.7 Å². The summed E-state index contributed by atoms with van der Waals surface area (Å²) in [4.78, 5) is 12.0. The van der Waals surface area contributed by atoms with Crippen molar-refractivity contribution in [2.24, 2.45) is 5.14 Å². The van der Waals surface area contributed by atoms with Crippen molar-refractivity contribution in [3.8, 4) is 0 Å². The van der Waals surface area contributed by atoms with Crippen molar-refractivity contribution in [2.45, 2.75) is 24.3 Å². The van der Waals surface area contributed by atoms with E-state index in [2.05, 4.69) is 0 Å². The van der Waals surface area contributed by atoms with Gasteiger partial charge in [0.2, 0.25) is 15.8 Å². The Balaban J connectivity index is 2.25. The highest BCUT2D eigenvalue weighted by molar-refractivity contribution is 7.89. The van der Waals surface area contributed by atoms with Gasteiger partial charge in [-0.3, -0.25) is 4.79 Å². The first-order valence-electron chi connectivity index (χ1n) is 7.67. The van der Waals surface area contributed by atoms with Gasteiger partial charge in [0, 0.05) is 11.6 Å². The van der Waals surface area contributed by atoms with E-state index in [4.69, 9.17) is 9.88 Å². The fourth-order valence-corrected chi connectivity index (χ4v) is 3.38. The van der Waals surface area contributed by atoms with Crippen LogP contribution in [0.2, 0.25) is 0 Å². The summed E-state index contributed by atoms with van der Waals surface area (Å²) in [5.41, 5.74) is -1.55. The summed E-state index contributed by atoms with van der Waals surface area (Å²) in [7, 11) is -4.28. The summed E-state index contributed by atoms with van der Waals surface area (Å²) in [6.07, 6.45) is 0. The number of hydrogen-bond acceptors (Lipinski definition) is 4. The first kappa shape index (κ1) is 19.1. The van der Waals surface area contributed by atoms with E-state index in [9.17, 15) is 26.4 Å². The van der Waals surface area contributed by atoms with Crippen LogP contribution in [0.15, 0.2) is 41.3 Å². The molecule has 0 radical (unpaired) electrons. The Morgan fingerprint density at radius 2 is 1.56 bits per heavy atom. The molecule has 9 heteroatoms. The molecule has 27 heavy (non-hydrogen) atoms. The van der Waals surface area contributed by atoms with Crippen molar-refractivity contribution in [3.63, 3.8) is 0 Å². The van der Waals surface area contributed by atoms with Gasteiger partial charge in [0.15, 0.2) is 5.60 Å². The summed E-state index contributed by atoms with van der Waals surface area (Å²) in [5.74, 6) is -3.61. The number of hydrogen-bond donors (Lipinski definition) is 1. The molecule has 3 rings (SSSR count). The number of ketones is 1. The Kier molecular flexibility index (Phi) is 4.40. The maximum absolute atomic E-state index is 14.2. The number of carbonyl (C=O) groups is 1. The Morgan fingerprint density at radius 3 is 2.07 bits per heavy atom. The summed E-state index contributed by atoms with van der Waals surface area (Å²) >= 11 is 0. The third kappa shape index (κ3) is 3.47. The van der Waals surface area contributed by atoms with E-state index < -0.39 is 43.8 Å². The zero-order valence-electron chi connectivity index (χ0n) is 14.2. The highest BCUT2D eigenvalue weighted by Gasteiger charge is 2.43. The van der Waals surface area contributed by atoms with E-state index in [0.29, 0.717) is 6.07 Å². The van der Waals surface area contributed by atoms with Gasteiger partial charge in [-0.25, -0.2) is 26.7 Å². The lowest BCUT2D eigenvalue weighted by atomic mass is 9.92. The number of benzene rings is 2. The predicted octanol–water partition coefficient (Wildman–Crippen LogP) is 3.00. The molecule has 142 valence electrons.